The van der Waals surface area contributed by atoms with E-state index in [1.807, 2.05) is 6.07 Å². The van der Waals surface area contributed by atoms with Gasteiger partial charge in [0, 0.05) is 17.7 Å². The summed E-state index contributed by atoms with van der Waals surface area (Å²) in [7, 11) is -2.59. The van der Waals surface area contributed by atoms with E-state index < -0.39 is 33.4 Å². The molecule has 1 N–H and O–H groups in total. The van der Waals surface area contributed by atoms with Crippen LogP contribution in [0.2, 0.25) is 0 Å². The molecule has 0 radical (unpaired) electrons. The van der Waals surface area contributed by atoms with Gasteiger partial charge in [-0.2, -0.15) is 0 Å². The Morgan fingerprint density at radius 2 is 1.64 bits per heavy atom. The average molecular weight is 470 g/mol. The normalized spacial score (nSPS) is 11.9. The molecule has 33 heavy (non-hydrogen) atoms. The van der Waals surface area contributed by atoms with Gasteiger partial charge in [0.15, 0.2) is 0 Å². The molecule has 3 aromatic carbocycles. The topological polar surface area (TPSA) is 119 Å². The molecule has 0 fully saturated rings. The van der Waals surface area contributed by atoms with Gasteiger partial charge in [-0.05, 0) is 37.3 Å². The Morgan fingerprint density at radius 3 is 2.24 bits per heavy atom. The number of anilines is 1. The van der Waals surface area contributed by atoms with E-state index in [9.17, 15) is 23.3 Å². The highest BCUT2D eigenvalue weighted by Gasteiger charge is 2.28. The Balaban J connectivity index is 1.91. The molecule has 3 rings (SSSR count). The Labute approximate surface area is 191 Å². The van der Waals surface area contributed by atoms with Crippen LogP contribution in [-0.4, -0.2) is 32.9 Å². The van der Waals surface area contributed by atoms with Crippen molar-refractivity contribution < 1.29 is 22.9 Å². The maximum atomic E-state index is 13.3. The van der Waals surface area contributed by atoms with E-state index in [1.165, 1.54) is 43.5 Å². The first-order valence-corrected chi connectivity index (χ1v) is 11.4. The third-order valence-corrected chi connectivity index (χ3v) is 6.74. The van der Waals surface area contributed by atoms with Crippen molar-refractivity contribution in [2.24, 2.45) is 0 Å². The number of sulfonamides is 1. The molecule has 9 nitrogen and oxygen atoms in total. The minimum Gasteiger partial charge on any atom is -0.496 e. The maximum absolute atomic E-state index is 13.3. The van der Waals surface area contributed by atoms with E-state index in [1.54, 1.807) is 43.3 Å². The number of rotatable bonds is 9. The maximum Gasteiger partial charge on any atom is 0.269 e. The van der Waals surface area contributed by atoms with Gasteiger partial charge in [-0.1, -0.05) is 36.4 Å². The summed E-state index contributed by atoms with van der Waals surface area (Å²) in [6, 6.07) is 19.4. The number of amides is 1. The van der Waals surface area contributed by atoms with E-state index in [0.29, 0.717) is 5.75 Å². The molecule has 0 unspecified atom stereocenters. The van der Waals surface area contributed by atoms with Crippen molar-refractivity contribution in [2.45, 2.75) is 17.9 Å². The fourth-order valence-corrected chi connectivity index (χ4v) is 4.74. The van der Waals surface area contributed by atoms with Crippen LogP contribution in [0.1, 0.15) is 18.5 Å². The van der Waals surface area contributed by atoms with Gasteiger partial charge in [-0.25, -0.2) is 8.42 Å². The Morgan fingerprint density at radius 1 is 1.03 bits per heavy atom. The van der Waals surface area contributed by atoms with E-state index in [0.717, 1.165) is 9.87 Å². The molecule has 1 atom stereocenters. The van der Waals surface area contributed by atoms with Crippen LogP contribution in [0, 0.1) is 10.1 Å². The Hall–Kier alpha value is -3.92. The predicted molar refractivity (Wildman–Crippen MR) is 124 cm³/mol. The molecule has 0 saturated heterocycles. The molecule has 0 saturated carbocycles. The van der Waals surface area contributed by atoms with Crippen LogP contribution in [0.4, 0.5) is 11.4 Å². The van der Waals surface area contributed by atoms with Crippen LogP contribution < -0.4 is 14.4 Å². The molecule has 3 aromatic rings. The minimum absolute atomic E-state index is 0.00562. The first kappa shape index (κ1) is 23.7. The number of hydrogen-bond donors (Lipinski definition) is 1. The van der Waals surface area contributed by atoms with Gasteiger partial charge < -0.3 is 10.1 Å². The lowest BCUT2D eigenvalue weighted by atomic mass is 10.1. The van der Waals surface area contributed by atoms with Crippen molar-refractivity contribution in [1.82, 2.24) is 5.32 Å². The molecule has 1 amide bonds. The number of nitrogens with zero attached hydrogens (tertiary/aromatic N) is 2. The number of carbonyl (C=O) groups is 1. The number of carbonyl (C=O) groups excluding carboxylic acids is 1. The van der Waals surface area contributed by atoms with Gasteiger partial charge in [0.25, 0.3) is 15.7 Å². The summed E-state index contributed by atoms with van der Waals surface area (Å²) >= 11 is 0. The number of benzene rings is 3. The third kappa shape index (κ3) is 5.47. The molecule has 0 aliphatic carbocycles. The number of nitro groups is 1. The summed E-state index contributed by atoms with van der Waals surface area (Å²) in [4.78, 5) is 23.3. The number of methoxy groups -OCH3 is 1. The van der Waals surface area contributed by atoms with Crippen molar-refractivity contribution in [3.8, 4) is 5.75 Å². The predicted octanol–water partition coefficient (Wildman–Crippen LogP) is 3.68. The van der Waals surface area contributed by atoms with Gasteiger partial charge in [0.2, 0.25) is 5.91 Å². The number of nitro benzene ring substituents is 1. The molecule has 172 valence electrons. The number of hydrogen-bond acceptors (Lipinski definition) is 6. The van der Waals surface area contributed by atoms with Gasteiger partial charge in [-0.15, -0.1) is 0 Å². The van der Waals surface area contributed by atoms with Crippen molar-refractivity contribution >= 4 is 27.3 Å². The van der Waals surface area contributed by atoms with E-state index in [2.05, 4.69) is 5.32 Å². The lowest BCUT2D eigenvalue weighted by Crippen LogP contribution is -2.41. The highest BCUT2D eigenvalue weighted by molar-refractivity contribution is 7.92. The Kier molecular flexibility index (Phi) is 7.29. The summed E-state index contributed by atoms with van der Waals surface area (Å²) in [5.41, 5.74) is 0.677. The lowest BCUT2D eigenvalue weighted by Gasteiger charge is -2.25. The van der Waals surface area contributed by atoms with Gasteiger partial charge in [0.05, 0.1) is 28.7 Å². The number of non-ortho nitro benzene ring substituents is 1. The van der Waals surface area contributed by atoms with Crippen LogP contribution >= 0.6 is 0 Å². The second kappa shape index (κ2) is 10.1. The first-order chi connectivity index (χ1) is 15.7. The number of nitrogens with one attached hydrogen (secondary N) is 1. The quantitative estimate of drug-likeness (QED) is 0.377. The zero-order chi connectivity index (χ0) is 24.0. The largest absolute Gasteiger partial charge is 0.496 e. The van der Waals surface area contributed by atoms with E-state index in [-0.39, 0.29) is 16.3 Å². The van der Waals surface area contributed by atoms with E-state index in [4.69, 9.17) is 4.74 Å². The third-order valence-electron chi connectivity index (χ3n) is 4.95. The van der Waals surface area contributed by atoms with Crippen molar-refractivity contribution in [1.29, 1.82) is 0 Å². The van der Waals surface area contributed by atoms with E-state index >= 15 is 0 Å². The first-order valence-electron chi connectivity index (χ1n) is 9.98. The number of para-hydroxylation sites is 1. The van der Waals surface area contributed by atoms with Crippen molar-refractivity contribution in [3.05, 3.63) is 94.5 Å². The number of ether oxygens (including phenoxy) is 1. The van der Waals surface area contributed by atoms with Crippen LogP contribution in [0.3, 0.4) is 0 Å². The van der Waals surface area contributed by atoms with Gasteiger partial charge in [-0.3, -0.25) is 19.2 Å². The molecule has 0 aliphatic rings. The molecular formula is C23H23N3O6S. The highest BCUT2D eigenvalue weighted by atomic mass is 32.2. The molecule has 0 spiro atoms. The monoisotopic (exact) mass is 469 g/mol. The summed E-state index contributed by atoms with van der Waals surface area (Å²) < 4.78 is 32.9. The molecule has 0 aromatic heterocycles. The van der Waals surface area contributed by atoms with Crippen LogP contribution in [0.25, 0.3) is 0 Å². The van der Waals surface area contributed by atoms with Crippen molar-refractivity contribution in [2.75, 3.05) is 18.0 Å². The van der Waals surface area contributed by atoms with Crippen LogP contribution in [0.15, 0.2) is 83.8 Å². The smallest absolute Gasteiger partial charge is 0.269 e. The fourth-order valence-electron chi connectivity index (χ4n) is 3.29. The summed E-state index contributed by atoms with van der Waals surface area (Å²) in [5.74, 6) is 0.0423. The summed E-state index contributed by atoms with van der Waals surface area (Å²) in [5, 5.41) is 13.8. The molecule has 0 heterocycles. The fraction of sp³-hybridized carbons (Fsp3) is 0.174. The summed E-state index contributed by atoms with van der Waals surface area (Å²) in [6.45, 7) is 1.24. The van der Waals surface area contributed by atoms with Crippen LogP contribution in [0.5, 0.6) is 5.75 Å². The van der Waals surface area contributed by atoms with Gasteiger partial charge in [0.1, 0.15) is 12.3 Å². The minimum atomic E-state index is -4.12. The van der Waals surface area contributed by atoms with Crippen LogP contribution in [-0.2, 0) is 14.8 Å². The molecule has 0 bridgehead atoms. The molecular weight excluding hydrogens is 446 g/mol. The second-order valence-corrected chi connectivity index (χ2v) is 8.99. The second-order valence-electron chi connectivity index (χ2n) is 7.13. The molecule has 0 aliphatic heterocycles. The standard InChI is InChI=1S/C23H23N3O6S/c1-17(21-10-6-7-11-22(21)32-2)24-23(27)16-25(18-12-14-19(15-13-18)26(28)29)33(30,31)20-8-4-3-5-9-20/h3-15,17H,16H2,1-2H3,(H,24,27)/t17-/m0/s1. The highest BCUT2D eigenvalue weighted by Crippen LogP contribution is 2.27. The zero-order valence-corrected chi connectivity index (χ0v) is 18.9. The van der Waals surface area contributed by atoms with Crippen molar-refractivity contribution in [3.63, 3.8) is 0 Å². The average Bonchev–Trinajstić information content (AvgIpc) is 2.83. The molecule has 10 heteroatoms. The van der Waals surface area contributed by atoms with Gasteiger partial charge >= 0.3 is 0 Å². The summed E-state index contributed by atoms with van der Waals surface area (Å²) in [6.07, 6.45) is 0. The Bertz CT molecular complexity index is 1230. The lowest BCUT2D eigenvalue weighted by molar-refractivity contribution is -0.384. The SMILES string of the molecule is COc1ccccc1[C@H](C)NC(=O)CN(c1ccc([N+](=O)[O-])cc1)S(=O)(=O)c1ccccc1. The zero-order valence-electron chi connectivity index (χ0n) is 18.0.